The van der Waals surface area contributed by atoms with E-state index in [1.165, 1.54) is 46.8 Å². The van der Waals surface area contributed by atoms with Crippen LogP contribution in [0.2, 0.25) is 0 Å². The Bertz CT molecular complexity index is 988. The highest BCUT2D eigenvalue weighted by atomic mass is 16.5. The van der Waals surface area contributed by atoms with Crippen LogP contribution >= 0.6 is 0 Å². The Morgan fingerprint density at radius 3 is 2.71 bits per heavy atom. The van der Waals surface area contributed by atoms with Gasteiger partial charge in [0.2, 0.25) is 0 Å². The lowest BCUT2D eigenvalue weighted by Gasteiger charge is -2.15. The maximum atomic E-state index is 11.5. The molecule has 28 heavy (non-hydrogen) atoms. The lowest BCUT2D eigenvalue weighted by molar-refractivity contribution is -0.141. The Morgan fingerprint density at radius 1 is 1.14 bits per heavy atom. The first kappa shape index (κ1) is 18.6. The summed E-state index contributed by atoms with van der Waals surface area (Å²) in [6, 6.07) is 15.1. The zero-order valence-electron chi connectivity index (χ0n) is 16.7. The van der Waals surface area contributed by atoms with Crippen molar-refractivity contribution in [3.63, 3.8) is 0 Å². The molecule has 146 valence electrons. The number of carbonyl (C=O) groups is 1. The maximum Gasteiger partial charge on any atom is 0.308 e. The van der Waals surface area contributed by atoms with Crippen LogP contribution in [-0.2, 0) is 35.3 Å². The molecule has 0 atom stereocenters. The van der Waals surface area contributed by atoms with Crippen LogP contribution in [-0.4, -0.2) is 24.3 Å². The molecule has 1 aromatic heterocycles. The third kappa shape index (κ3) is 3.51. The first-order valence-electron chi connectivity index (χ1n) is 10.1. The van der Waals surface area contributed by atoms with E-state index in [1.54, 1.807) is 0 Å². The highest BCUT2D eigenvalue weighted by Crippen LogP contribution is 2.39. The fraction of sp³-hybridized carbons (Fsp3) is 0.375. The number of esters is 1. The van der Waals surface area contributed by atoms with E-state index in [2.05, 4.69) is 54.0 Å². The minimum atomic E-state index is -0.242. The number of fused-ring (bicyclic) bond motifs is 3. The number of benzene rings is 2. The molecule has 0 radical (unpaired) electrons. The molecule has 1 heterocycles. The number of ether oxygens (including phenoxy) is 2. The third-order valence-electron chi connectivity index (χ3n) is 5.64. The van der Waals surface area contributed by atoms with Crippen molar-refractivity contribution in [2.75, 3.05) is 13.7 Å². The van der Waals surface area contributed by atoms with Crippen molar-refractivity contribution < 1.29 is 14.3 Å². The van der Waals surface area contributed by atoms with Crippen molar-refractivity contribution in [1.29, 1.82) is 0 Å². The van der Waals surface area contributed by atoms with Gasteiger partial charge < -0.3 is 14.0 Å². The second kappa shape index (κ2) is 8.09. The minimum Gasteiger partial charge on any atom is -0.492 e. The zero-order chi connectivity index (χ0) is 19.5. The van der Waals surface area contributed by atoms with Gasteiger partial charge in [-0.05, 0) is 54.5 Å². The summed E-state index contributed by atoms with van der Waals surface area (Å²) >= 11 is 0. The van der Waals surface area contributed by atoms with Crippen LogP contribution in [0.25, 0.3) is 10.9 Å². The van der Waals surface area contributed by atoms with Gasteiger partial charge in [-0.3, -0.25) is 4.79 Å². The predicted octanol–water partition coefficient (Wildman–Crippen LogP) is 4.68. The van der Waals surface area contributed by atoms with Crippen LogP contribution in [0.1, 0.15) is 42.1 Å². The van der Waals surface area contributed by atoms with Crippen LogP contribution in [0.4, 0.5) is 0 Å². The molecule has 2 aromatic carbocycles. The molecule has 0 aliphatic heterocycles. The van der Waals surface area contributed by atoms with Crippen LogP contribution in [0.3, 0.4) is 0 Å². The third-order valence-corrected chi connectivity index (χ3v) is 5.64. The van der Waals surface area contributed by atoms with Gasteiger partial charge in [0.25, 0.3) is 0 Å². The van der Waals surface area contributed by atoms with E-state index in [0.29, 0.717) is 6.61 Å². The van der Waals surface area contributed by atoms with Crippen LogP contribution in [0.5, 0.6) is 5.75 Å². The second-order valence-corrected chi connectivity index (χ2v) is 7.36. The number of aromatic nitrogens is 1. The summed E-state index contributed by atoms with van der Waals surface area (Å²) in [6.45, 7) is 3.41. The predicted molar refractivity (Wildman–Crippen MR) is 111 cm³/mol. The number of aryl methyl sites for hydroxylation is 3. The normalized spacial score (nSPS) is 12.9. The van der Waals surface area contributed by atoms with Crippen LogP contribution < -0.4 is 4.74 Å². The molecular weight excluding hydrogens is 350 g/mol. The van der Waals surface area contributed by atoms with Crippen molar-refractivity contribution >= 4 is 16.9 Å². The average Bonchev–Trinajstić information content (AvgIpc) is 3.33. The SMILES string of the molecule is CCc1cc2c(OCCC(=O)OC)cc3c(c2n1Cc1ccccc1)CCC3. The molecule has 3 aromatic rings. The summed E-state index contributed by atoms with van der Waals surface area (Å²) < 4.78 is 13.3. The lowest BCUT2D eigenvalue weighted by atomic mass is 10.1. The molecule has 0 bridgehead atoms. The summed E-state index contributed by atoms with van der Waals surface area (Å²) in [5.41, 5.74) is 6.78. The van der Waals surface area contributed by atoms with E-state index < -0.39 is 0 Å². The molecule has 1 aliphatic carbocycles. The Hall–Kier alpha value is -2.75. The molecule has 4 heteroatoms. The van der Waals surface area contributed by atoms with Gasteiger partial charge in [0.05, 0.1) is 25.7 Å². The van der Waals surface area contributed by atoms with Crippen molar-refractivity contribution in [1.82, 2.24) is 4.57 Å². The summed E-state index contributed by atoms with van der Waals surface area (Å²) in [7, 11) is 1.41. The molecule has 0 spiro atoms. The van der Waals surface area contributed by atoms with Gasteiger partial charge in [-0.25, -0.2) is 0 Å². The number of carbonyl (C=O) groups excluding carboxylic acids is 1. The van der Waals surface area contributed by atoms with Gasteiger partial charge >= 0.3 is 5.97 Å². The molecule has 0 saturated heterocycles. The average molecular weight is 377 g/mol. The lowest BCUT2D eigenvalue weighted by Crippen LogP contribution is -2.08. The largest absolute Gasteiger partial charge is 0.492 e. The quantitative estimate of drug-likeness (QED) is 0.561. The topological polar surface area (TPSA) is 40.5 Å². The van der Waals surface area contributed by atoms with Gasteiger partial charge in [0.15, 0.2) is 0 Å². The van der Waals surface area contributed by atoms with Crippen molar-refractivity contribution in [2.45, 2.75) is 45.6 Å². The van der Waals surface area contributed by atoms with Crippen molar-refractivity contribution in [2.24, 2.45) is 0 Å². The number of rotatable bonds is 7. The van der Waals surface area contributed by atoms with E-state index in [9.17, 15) is 4.79 Å². The summed E-state index contributed by atoms with van der Waals surface area (Å²) in [5.74, 6) is 0.648. The van der Waals surface area contributed by atoms with Crippen LogP contribution in [0, 0.1) is 0 Å². The Kier molecular flexibility index (Phi) is 5.38. The first-order valence-corrected chi connectivity index (χ1v) is 10.1. The van der Waals surface area contributed by atoms with E-state index in [0.717, 1.165) is 31.6 Å². The molecule has 0 saturated carbocycles. The van der Waals surface area contributed by atoms with Crippen molar-refractivity contribution in [3.05, 3.63) is 64.8 Å². The fourth-order valence-corrected chi connectivity index (χ4v) is 4.25. The summed E-state index contributed by atoms with van der Waals surface area (Å²) in [5, 5.41) is 1.17. The summed E-state index contributed by atoms with van der Waals surface area (Å²) in [4.78, 5) is 11.5. The fourth-order valence-electron chi connectivity index (χ4n) is 4.25. The van der Waals surface area contributed by atoms with Crippen molar-refractivity contribution in [3.8, 4) is 5.75 Å². The second-order valence-electron chi connectivity index (χ2n) is 7.36. The van der Waals surface area contributed by atoms with E-state index in [4.69, 9.17) is 9.47 Å². The maximum absolute atomic E-state index is 11.5. The van der Waals surface area contributed by atoms with Crippen LogP contribution in [0.15, 0.2) is 42.5 Å². The summed E-state index contributed by atoms with van der Waals surface area (Å²) in [6.07, 6.45) is 4.64. The van der Waals surface area contributed by atoms with E-state index in [1.807, 2.05) is 0 Å². The zero-order valence-corrected chi connectivity index (χ0v) is 16.7. The minimum absolute atomic E-state index is 0.242. The molecule has 0 N–H and O–H groups in total. The van der Waals surface area contributed by atoms with E-state index >= 15 is 0 Å². The van der Waals surface area contributed by atoms with Gasteiger partial charge in [-0.2, -0.15) is 0 Å². The first-order chi connectivity index (χ1) is 13.7. The van der Waals surface area contributed by atoms with Gasteiger partial charge in [-0.15, -0.1) is 0 Å². The standard InChI is InChI=1S/C24H27NO3/c1-3-19-15-21-22(28-13-12-23(26)27-2)14-18-10-7-11-20(18)24(21)25(19)16-17-8-5-4-6-9-17/h4-6,8-9,14-15H,3,7,10-13,16H2,1-2H3. The Balaban J connectivity index is 1.77. The molecular formula is C24H27NO3. The smallest absolute Gasteiger partial charge is 0.308 e. The highest BCUT2D eigenvalue weighted by molar-refractivity contribution is 5.92. The van der Waals surface area contributed by atoms with Gasteiger partial charge in [0, 0.05) is 17.6 Å². The number of nitrogens with zero attached hydrogens (tertiary/aromatic N) is 1. The van der Waals surface area contributed by atoms with Gasteiger partial charge in [-0.1, -0.05) is 37.3 Å². The molecule has 0 amide bonds. The Labute approximate surface area is 166 Å². The number of hydrogen-bond donors (Lipinski definition) is 0. The Morgan fingerprint density at radius 2 is 1.96 bits per heavy atom. The monoisotopic (exact) mass is 377 g/mol. The highest BCUT2D eigenvalue weighted by Gasteiger charge is 2.22. The number of hydrogen-bond acceptors (Lipinski definition) is 3. The number of methoxy groups -OCH3 is 1. The van der Waals surface area contributed by atoms with E-state index in [-0.39, 0.29) is 12.4 Å². The van der Waals surface area contributed by atoms with Gasteiger partial charge in [0.1, 0.15) is 5.75 Å². The molecule has 1 aliphatic rings. The molecule has 4 rings (SSSR count). The molecule has 0 fully saturated rings. The molecule has 0 unspecified atom stereocenters. The molecule has 4 nitrogen and oxygen atoms in total.